The first-order chi connectivity index (χ1) is 13.8. The summed E-state index contributed by atoms with van der Waals surface area (Å²) < 4.78 is 37.4. The molecule has 1 aliphatic carbocycles. The van der Waals surface area contributed by atoms with E-state index < -0.39 is 10.0 Å². The van der Waals surface area contributed by atoms with Gasteiger partial charge in [-0.15, -0.1) is 0 Å². The van der Waals surface area contributed by atoms with Gasteiger partial charge in [-0.2, -0.15) is 4.31 Å². The molecule has 0 atom stereocenters. The van der Waals surface area contributed by atoms with Crippen LogP contribution in [0.25, 0.3) is 0 Å². The van der Waals surface area contributed by atoms with Crippen molar-refractivity contribution in [2.24, 2.45) is 10.4 Å². The number of sulfonamides is 1. The number of rotatable bonds is 10. The average molecular weight is 433 g/mol. The van der Waals surface area contributed by atoms with Gasteiger partial charge in [0.05, 0.1) is 18.5 Å². The van der Waals surface area contributed by atoms with Crippen molar-refractivity contribution in [1.29, 1.82) is 0 Å². The van der Waals surface area contributed by atoms with Crippen LogP contribution in [-0.4, -0.2) is 95.5 Å². The summed E-state index contributed by atoms with van der Waals surface area (Å²) in [5.41, 5.74) is 0.285. The van der Waals surface area contributed by atoms with Crippen molar-refractivity contribution < 1.29 is 17.9 Å². The van der Waals surface area contributed by atoms with Crippen molar-refractivity contribution in [3.8, 4) is 0 Å². The Hall–Kier alpha value is -0.900. The Bertz CT molecular complexity index is 610. The highest BCUT2D eigenvalue weighted by atomic mass is 32.2. The van der Waals surface area contributed by atoms with E-state index in [1.54, 1.807) is 18.5 Å². The van der Waals surface area contributed by atoms with Gasteiger partial charge >= 0.3 is 0 Å². The molecule has 1 N–H and O–H groups in total. The first-order valence-corrected chi connectivity index (χ1v) is 12.5. The molecule has 1 saturated heterocycles. The third kappa shape index (κ3) is 7.38. The first-order valence-electron chi connectivity index (χ1n) is 10.9. The maximum Gasteiger partial charge on any atom is 0.216 e. The molecule has 0 bridgehead atoms. The van der Waals surface area contributed by atoms with Gasteiger partial charge in [0.2, 0.25) is 10.0 Å². The Kier molecular flexibility index (Phi) is 9.65. The molecule has 0 aromatic carbocycles. The van der Waals surface area contributed by atoms with Crippen molar-refractivity contribution in [2.45, 2.75) is 52.1 Å². The van der Waals surface area contributed by atoms with E-state index in [1.165, 1.54) is 25.7 Å². The van der Waals surface area contributed by atoms with Crippen LogP contribution in [0.4, 0.5) is 0 Å². The zero-order valence-corrected chi connectivity index (χ0v) is 19.5. The fraction of sp³-hybridized carbons (Fsp3) is 0.950. The molecule has 0 radical (unpaired) electrons. The van der Waals surface area contributed by atoms with Crippen LogP contribution in [-0.2, 0) is 19.5 Å². The highest BCUT2D eigenvalue weighted by molar-refractivity contribution is 7.89. The number of ether oxygens (including phenoxy) is 2. The van der Waals surface area contributed by atoms with Gasteiger partial charge in [-0.3, -0.25) is 4.99 Å². The van der Waals surface area contributed by atoms with Crippen LogP contribution in [0.15, 0.2) is 4.99 Å². The van der Waals surface area contributed by atoms with Crippen LogP contribution in [0.3, 0.4) is 0 Å². The molecular weight excluding hydrogens is 392 g/mol. The predicted octanol–water partition coefficient (Wildman–Crippen LogP) is 1.53. The highest BCUT2D eigenvalue weighted by Crippen LogP contribution is 2.40. The molecule has 1 aliphatic heterocycles. The van der Waals surface area contributed by atoms with Gasteiger partial charge in [0.25, 0.3) is 0 Å². The minimum Gasteiger partial charge on any atom is -0.385 e. The van der Waals surface area contributed by atoms with Crippen molar-refractivity contribution in [3.05, 3.63) is 0 Å². The first kappa shape index (κ1) is 24.4. The second-order valence-corrected chi connectivity index (χ2v) is 10.6. The fourth-order valence-corrected chi connectivity index (χ4v) is 5.54. The third-order valence-electron chi connectivity index (χ3n) is 6.06. The summed E-state index contributed by atoms with van der Waals surface area (Å²) in [6.07, 6.45) is 6.12. The molecular formula is C20H40N4O4S. The summed E-state index contributed by atoms with van der Waals surface area (Å²) in [7, 11) is 0.285. The lowest BCUT2D eigenvalue weighted by Crippen LogP contribution is -2.55. The van der Waals surface area contributed by atoms with Gasteiger partial charge in [0.15, 0.2) is 5.96 Å². The number of hydrogen-bond acceptors (Lipinski definition) is 5. The summed E-state index contributed by atoms with van der Waals surface area (Å²) in [4.78, 5) is 6.61. The highest BCUT2D eigenvalue weighted by Gasteiger charge is 2.34. The van der Waals surface area contributed by atoms with Gasteiger partial charge in [-0.05, 0) is 38.5 Å². The number of nitrogens with one attached hydrogen (secondary N) is 1. The standard InChI is InChI=1S/C20H40N4O4S/c1-18(2)28-15-16-29(25,26)24-12-10-23(11-13-24)19(21-3)22-17-20(9-14-27-4)7-5-6-8-20/h18H,5-17H2,1-4H3,(H,21,22). The molecule has 1 saturated carbocycles. The predicted molar refractivity (Wildman–Crippen MR) is 117 cm³/mol. The van der Waals surface area contributed by atoms with Crippen molar-refractivity contribution in [3.63, 3.8) is 0 Å². The molecule has 0 aromatic rings. The van der Waals surface area contributed by atoms with E-state index in [4.69, 9.17) is 9.47 Å². The van der Waals surface area contributed by atoms with Crippen LogP contribution in [0.2, 0.25) is 0 Å². The minimum atomic E-state index is -3.27. The van der Waals surface area contributed by atoms with E-state index >= 15 is 0 Å². The van der Waals surface area contributed by atoms with Crippen molar-refractivity contribution in [2.75, 3.05) is 65.8 Å². The number of hydrogen-bond donors (Lipinski definition) is 1. The number of nitrogens with zero attached hydrogens (tertiary/aromatic N) is 3. The van der Waals surface area contributed by atoms with Crippen LogP contribution < -0.4 is 5.32 Å². The summed E-state index contributed by atoms with van der Waals surface area (Å²) >= 11 is 0. The van der Waals surface area contributed by atoms with E-state index in [0.717, 1.165) is 25.5 Å². The molecule has 1 heterocycles. The minimum absolute atomic E-state index is 0.0418. The summed E-state index contributed by atoms with van der Waals surface area (Å²) in [5, 5.41) is 3.56. The SMILES string of the molecule is CN=C(NCC1(CCOC)CCCC1)N1CCN(S(=O)(=O)CCOC(C)C)CC1. The Morgan fingerprint density at radius 2 is 1.79 bits per heavy atom. The summed E-state index contributed by atoms with van der Waals surface area (Å²) in [5.74, 6) is 0.911. The molecule has 0 spiro atoms. The van der Waals surface area contributed by atoms with E-state index in [1.807, 2.05) is 13.8 Å². The van der Waals surface area contributed by atoms with Crippen molar-refractivity contribution in [1.82, 2.24) is 14.5 Å². The molecule has 8 nitrogen and oxygen atoms in total. The number of piperazine rings is 1. The Morgan fingerprint density at radius 1 is 1.14 bits per heavy atom. The van der Waals surface area contributed by atoms with E-state index in [0.29, 0.717) is 26.2 Å². The Labute approximate surface area is 177 Å². The number of guanidine groups is 1. The molecule has 170 valence electrons. The smallest absolute Gasteiger partial charge is 0.216 e. The van der Waals surface area contributed by atoms with E-state index in [9.17, 15) is 8.42 Å². The zero-order chi connectivity index (χ0) is 21.3. The maximum atomic E-state index is 12.5. The van der Waals surface area contributed by atoms with Gasteiger partial charge in [-0.1, -0.05) is 12.8 Å². The molecule has 9 heteroatoms. The second-order valence-electron chi connectivity index (χ2n) is 8.47. The lowest BCUT2D eigenvalue weighted by molar-refractivity contribution is 0.0904. The van der Waals surface area contributed by atoms with Gasteiger partial charge < -0.3 is 19.7 Å². The van der Waals surface area contributed by atoms with Crippen LogP contribution in [0, 0.1) is 5.41 Å². The Balaban J connectivity index is 1.83. The summed E-state index contributed by atoms with van der Waals surface area (Å²) in [6, 6.07) is 0. The van der Waals surface area contributed by atoms with E-state index in [2.05, 4.69) is 15.2 Å². The van der Waals surface area contributed by atoms with Gasteiger partial charge in [0, 0.05) is 53.5 Å². The van der Waals surface area contributed by atoms with Crippen LogP contribution >= 0.6 is 0 Å². The monoisotopic (exact) mass is 432 g/mol. The Morgan fingerprint density at radius 3 is 2.34 bits per heavy atom. The topological polar surface area (TPSA) is 83.5 Å². The largest absolute Gasteiger partial charge is 0.385 e. The lowest BCUT2D eigenvalue weighted by atomic mass is 9.83. The molecule has 29 heavy (non-hydrogen) atoms. The fourth-order valence-electron chi connectivity index (χ4n) is 4.25. The van der Waals surface area contributed by atoms with Crippen LogP contribution in [0.5, 0.6) is 0 Å². The molecule has 0 unspecified atom stereocenters. The van der Waals surface area contributed by atoms with Gasteiger partial charge in [-0.25, -0.2) is 8.42 Å². The third-order valence-corrected chi connectivity index (χ3v) is 7.89. The molecule has 2 aliphatic rings. The number of aliphatic imine (C=N–C) groups is 1. The quantitative estimate of drug-likeness (QED) is 0.416. The zero-order valence-electron chi connectivity index (χ0n) is 18.7. The van der Waals surface area contributed by atoms with Gasteiger partial charge in [0.1, 0.15) is 0 Å². The van der Waals surface area contributed by atoms with Crippen LogP contribution in [0.1, 0.15) is 46.0 Å². The lowest BCUT2D eigenvalue weighted by Gasteiger charge is -2.37. The number of methoxy groups -OCH3 is 1. The maximum absolute atomic E-state index is 12.5. The second kappa shape index (κ2) is 11.5. The molecule has 2 rings (SSSR count). The molecule has 0 aromatic heterocycles. The van der Waals surface area contributed by atoms with Crippen molar-refractivity contribution >= 4 is 16.0 Å². The molecule has 2 fully saturated rings. The normalized spacial score (nSPS) is 21.1. The molecule has 0 amide bonds. The average Bonchev–Trinajstić information content (AvgIpc) is 3.16. The van der Waals surface area contributed by atoms with E-state index in [-0.39, 0.29) is 23.9 Å². The summed E-state index contributed by atoms with van der Waals surface area (Å²) in [6.45, 7) is 8.02.